The molecule has 0 aliphatic heterocycles. The molecular weight excluding hydrogens is 214 g/mol. The Balaban J connectivity index is 2.35. The van der Waals surface area contributed by atoms with E-state index in [1.54, 1.807) is 23.0 Å². The van der Waals surface area contributed by atoms with Crippen molar-refractivity contribution in [1.82, 2.24) is 9.55 Å². The second kappa shape index (κ2) is 4.93. The molecule has 0 aliphatic rings. The van der Waals surface area contributed by atoms with Crippen LogP contribution in [0, 0.1) is 6.92 Å². The van der Waals surface area contributed by atoms with E-state index in [2.05, 4.69) is 4.98 Å². The molecule has 2 rings (SSSR count). The number of aromatic nitrogens is 2. The van der Waals surface area contributed by atoms with E-state index < -0.39 is 0 Å². The van der Waals surface area contributed by atoms with Gasteiger partial charge in [-0.1, -0.05) is 6.07 Å². The van der Waals surface area contributed by atoms with Gasteiger partial charge in [-0.3, -0.25) is 9.78 Å². The number of hydrogen-bond donors (Lipinski definition) is 1. The van der Waals surface area contributed by atoms with E-state index in [9.17, 15) is 4.79 Å². The first-order valence-electron chi connectivity index (χ1n) is 5.50. The smallest absolute Gasteiger partial charge is 0.251 e. The van der Waals surface area contributed by atoms with Crippen LogP contribution >= 0.6 is 0 Å². The van der Waals surface area contributed by atoms with Gasteiger partial charge < -0.3 is 10.3 Å². The minimum atomic E-state index is -0.00294. The Morgan fingerprint density at radius 3 is 2.94 bits per heavy atom. The topological polar surface area (TPSA) is 60.9 Å². The molecule has 2 aromatic heterocycles. The van der Waals surface area contributed by atoms with Crippen molar-refractivity contribution >= 4 is 0 Å². The van der Waals surface area contributed by atoms with Gasteiger partial charge in [-0.2, -0.15) is 0 Å². The van der Waals surface area contributed by atoms with Gasteiger partial charge in [0.25, 0.3) is 5.56 Å². The molecule has 0 radical (unpaired) electrons. The van der Waals surface area contributed by atoms with Crippen molar-refractivity contribution in [2.45, 2.75) is 20.0 Å². The van der Waals surface area contributed by atoms with Crippen molar-refractivity contribution in [3.8, 4) is 0 Å². The van der Waals surface area contributed by atoms with E-state index >= 15 is 0 Å². The zero-order valence-corrected chi connectivity index (χ0v) is 9.76. The lowest BCUT2D eigenvalue weighted by Crippen LogP contribution is -2.20. The van der Waals surface area contributed by atoms with E-state index in [1.165, 1.54) is 0 Å². The first-order valence-corrected chi connectivity index (χ1v) is 5.50. The van der Waals surface area contributed by atoms with Gasteiger partial charge in [-0.25, -0.2) is 0 Å². The molecule has 0 spiro atoms. The van der Waals surface area contributed by atoms with Crippen LogP contribution in [0.3, 0.4) is 0 Å². The van der Waals surface area contributed by atoms with Gasteiger partial charge >= 0.3 is 0 Å². The van der Waals surface area contributed by atoms with Crippen molar-refractivity contribution in [2.24, 2.45) is 5.73 Å². The standard InChI is InChI=1S/C13H15N3O/c1-10-4-6-16(13(17)7-10)9-11-3-2-5-15-12(11)8-14/h2-7H,8-9,14H2,1H3. The highest BCUT2D eigenvalue weighted by atomic mass is 16.1. The Morgan fingerprint density at radius 2 is 2.24 bits per heavy atom. The number of nitrogens with zero attached hydrogens (tertiary/aromatic N) is 2. The number of pyridine rings is 2. The van der Waals surface area contributed by atoms with Crippen molar-refractivity contribution in [2.75, 3.05) is 0 Å². The second-order valence-electron chi connectivity index (χ2n) is 3.98. The van der Waals surface area contributed by atoms with E-state index in [1.807, 2.05) is 25.1 Å². The molecule has 88 valence electrons. The minimum absolute atomic E-state index is 0.00294. The summed E-state index contributed by atoms with van der Waals surface area (Å²) in [7, 11) is 0. The van der Waals surface area contributed by atoms with Crippen LogP contribution in [0.15, 0.2) is 41.5 Å². The molecule has 0 unspecified atom stereocenters. The highest BCUT2D eigenvalue weighted by Gasteiger charge is 2.03. The lowest BCUT2D eigenvalue weighted by atomic mass is 10.2. The molecule has 2 heterocycles. The van der Waals surface area contributed by atoms with Gasteiger partial charge in [-0.15, -0.1) is 0 Å². The maximum Gasteiger partial charge on any atom is 0.251 e. The average molecular weight is 229 g/mol. The first-order chi connectivity index (χ1) is 8.20. The normalized spacial score (nSPS) is 10.5. The lowest BCUT2D eigenvalue weighted by molar-refractivity contribution is 0.740. The highest BCUT2D eigenvalue weighted by molar-refractivity contribution is 5.20. The maximum atomic E-state index is 11.8. The van der Waals surface area contributed by atoms with Crippen molar-refractivity contribution in [3.05, 3.63) is 63.8 Å². The van der Waals surface area contributed by atoms with Crippen LogP contribution in [0.4, 0.5) is 0 Å². The molecule has 2 aromatic rings. The summed E-state index contributed by atoms with van der Waals surface area (Å²) in [5.41, 5.74) is 8.40. The van der Waals surface area contributed by atoms with Gasteiger partial charge in [0.15, 0.2) is 0 Å². The number of hydrogen-bond acceptors (Lipinski definition) is 3. The zero-order valence-electron chi connectivity index (χ0n) is 9.76. The molecule has 2 N–H and O–H groups in total. The number of rotatable bonds is 3. The summed E-state index contributed by atoms with van der Waals surface area (Å²) < 4.78 is 1.66. The van der Waals surface area contributed by atoms with Gasteiger partial charge in [0.1, 0.15) is 0 Å². The zero-order chi connectivity index (χ0) is 12.3. The third-order valence-electron chi connectivity index (χ3n) is 2.67. The molecule has 0 fully saturated rings. The summed E-state index contributed by atoms with van der Waals surface area (Å²) in [5, 5.41) is 0. The summed E-state index contributed by atoms with van der Waals surface area (Å²) in [6, 6.07) is 7.34. The molecule has 4 heteroatoms. The molecule has 0 saturated heterocycles. The molecule has 0 aliphatic carbocycles. The molecule has 17 heavy (non-hydrogen) atoms. The number of aryl methyl sites for hydroxylation is 1. The molecule has 4 nitrogen and oxygen atoms in total. The summed E-state index contributed by atoms with van der Waals surface area (Å²) in [4.78, 5) is 16.0. The van der Waals surface area contributed by atoms with Crippen molar-refractivity contribution in [3.63, 3.8) is 0 Å². The fourth-order valence-electron chi connectivity index (χ4n) is 1.72. The van der Waals surface area contributed by atoms with Crippen LogP contribution in [0.5, 0.6) is 0 Å². The maximum absolute atomic E-state index is 11.8. The fraction of sp³-hybridized carbons (Fsp3) is 0.231. The Labute approximate surface area is 99.7 Å². The third-order valence-corrected chi connectivity index (χ3v) is 2.67. The fourth-order valence-corrected chi connectivity index (χ4v) is 1.72. The van der Waals surface area contributed by atoms with Crippen LogP contribution in [0.25, 0.3) is 0 Å². The Morgan fingerprint density at radius 1 is 1.41 bits per heavy atom. The molecular formula is C13H15N3O. The van der Waals surface area contributed by atoms with Crippen molar-refractivity contribution in [1.29, 1.82) is 0 Å². The SMILES string of the molecule is Cc1ccn(Cc2cccnc2CN)c(=O)c1. The summed E-state index contributed by atoms with van der Waals surface area (Å²) in [6.07, 6.45) is 3.51. The molecule has 0 saturated carbocycles. The largest absolute Gasteiger partial charge is 0.325 e. The van der Waals surface area contributed by atoms with Crippen LogP contribution in [0.1, 0.15) is 16.8 Å². The highest BCUT2D eigenvalue weighted by Crippen LogP contribution is 2.06. The van der Waals surface area contributed by atoms with Gasteiger partial charge in [0, 0.05) is 25.0 Å². The number of nitrogens with two attached hydrogens (primary N) is 1. The van der Waals surface area contributed by atoms with E-state index in [-0.39, 0.29) is 5.56 Å². The molecule has 0 amide bonds. The van der Waals surface area contributed by atoms with Gasteiger partial charge in [0.2, 0.25) is 0 Å². The van der Waals surface area contributed by atoms with E-state index in [0.29, 0.717) is 13.1 Å². The monoisotopic (exact) mass is 229 g/mol. The Kier molecular flexibility index (Phi) is 3.35. The average Bonchev–Trinajstić information content (AvgIpc) is 2.33. The molecule has 0 aromatic carbocycles. The first kappa shape index (κ1) is 11.5. The molecule has 0 atom stereocenters. The second-order valence-corrected chi connectivity index (χ2v) is 3.98. The van der Waals surface area contributed by atoms with Crippen LogP contribution in [-0.2, 0) is 13.1 Å². The summed E-state index contributed by atoms with van der Waals surface area (Å²) >= 11 is 0. The Hall–Kier alpha value is -1.94. The van der Waals surface area contributed by atoms with E-state index in [0.717, 1.165) is 16.8 Å². The van der Waals surface area contributed by atoms with Crippen molar-refractivity contribution < 1.29 is 0 Å². The Bertz CT molecular complexity index is 575. The van der Waals surface area contributed by atoms with Crippen LogP contribution in [0.2, 0.25) is 0 Å². The van der Waals surface area contributed by atoms with E-state index in [4.69, 9.17) is 5.73 Å². The predicted molar refractivity (Wildman–Crippen MR) is 66.7 cm³/mol. The molecule has 0 bridgehead atoms. The quantitative estimate of drug-likeness (QED) is 0.856. The summed E-state index contributed by atoms with van der Waals surface area (Å²) in [5.74, 6) is 0. The van der Waals surface area contributed by atoms with Crippen LogP contribution in [-0.4, -0.2) is 9.55 Å². The van der Waals surface area contributed by atoms with Crippen LogP contribution < -0.4 is 11.3 Å². The van der Waals surface area contributed by atoms with Gasteiger partial charge in [-0.05, 0) is 30.2 Å². The summed E-state index contributed by atoms with van der Waals surface area (Å²) in [6.45, 7) is 2.80. The predicted octanol–water partition coefficient (Wildman–Crippen LogP) is 1.06. The minimum Gasteiger partial charge on any atom is -0.325 e. The lowest BCUT2D eigenvalue weighted by Gasteiger charge is -2.09. The van der Waals surface area contributed by atoms with Gasteiger partial charge in [0.05, 0.1) is 12.2 Å². The third kappa shape index (κ3) is 2.60.